The molecule has 0 bridgehead atoms. The second-order valence-electron chi connectivity index (χ2n) is 6.35. The van der Waals surface area contributed by atoms with E-state index in [4.69, 9.17) is 21.1 Å². The van der Waals surface area contributed by atoms with Gasteiger partial charge in [0.15, 0.2) is 0 Å². The molecule has 1 unspecified atom stereocenters. The number of carbonyl (C=O) groups excluding carboxylic acids is 1. The highest BCUT2D eigenvalue weighted by Gasteiger charge is 2.20. The number of benzene rings is 2. The van der Waals surface area contributed by atoms with Gasteiger partial charge in [0.2, 0.25) is 5.91 Å². The van der Waals surface area contributed by atoms with Gasteiger partial charge in [-0.2, -0.15) is 0 Å². The molecule has 0 aliphatic carbocycles. The highest BCUT2D eigenvalue weighted by Crippen LogP contribution is 2.36. The van der Waals surface area contributed by atoms with E-state index >= 15 is 0 Å². The zero-order valence-electron chi connectivity index (χ0n) is 16.2. The number of hydrogen-bond acceptors (Lipinski definition) is 6. The lowest BCUT2D eigenvalue weighted by Gasteiger charge is -2.22. The number of nitrogens with zero attached hydrogens (tertiary/aromatic N) is 2. The summed E-state index contributed by atoms with van der Waals surface area (Å²) in [5.74, 6) is 0.796. The van der Waals surface area contributed by atoms with Gasteiger partial charge in [0.1, 0.15) is 16.5 Å². The van der Waals surface area contributed by atoms with Crippen LogP contribution in [-0.4, -0.2) is 43.6 Å². The van der Waals surface area contributed by atoms with E-state index < -0.39 is 0 Å². The summed E-state index contributed by atoms with van der Waals surface area (Å²) in [7, 11) is 4.95. The normalized spacial score (nSPS) is 12.2. The van der Waals surface area contributed by atoms with E-state index in [1.807, 2.05) is 37.1 Å². The smallest absolute Gasteiger partial charge is 0.238 e. The van der Waals surface area contributed by atoms with Crippen molar-refractivity contribution in [1.29, 1.82) is 0 Å². The van der Waals surface area contributed by atoms with E-state index in [0.717, 1.165) is 15.2 Å². The number of fused-ring (bicyclic) bond motifs is 1. The number of anilines is 1. The first kappa shape index (κ1) is 20.4. The quantitative estimate of drug-likeness (QED) is 0.606. The Balaban J connectivity index is 1.69. The first-order chi connectivity index (χ1) is 13.4. The SMILES string of the molecule is COc1cc(OC)c(NC(=O)CN(C)C(C)c2nc3ccccc3s2)cc1Cl. The fraction of sp³-hybridized carbons (Fsp3) is 0.300. The number of aromatic nitrogens is 1. The van der Waals surface area contributed by atoms with Crippen LogP contribution in [0.3, 0.4) is 0 Å². The first-order valence-electron chi connectivity index (χ1n) is 8.70. The van der Waals surface area contributed by atoms with Crippen molar-refractivity contribution >= 4 is 44.7 Å². The molecule has 6 nitrogen and oxygen atoms in total. The van der Waals surface area contributed by atoms with Crippen molar-refractivity contribution in [1.82, 2.24) is 9.88 Å². The Bertz CT molecular complexity index is 959. The molecule has 148 valence electrons. The predicted molar refractivity (Wildman–Crippen MR) is 114 cm³/mol. The van der Waals surface area contributed by atoms with Crippen molar-refractivity contribution < 1.29 is 14.3 Å². The Kier molecular flexibility index (Phi) is 6.39. The Morgan fingerprint density at radius 1 is 1.25 bits per heavy atom. The average molecular weight is 420 g/mol. The molecule has 1 aromatic heterocycles. The van der Waals surface area contributed by atoms with Gasteiger partial charge in [0.25, 0.3) is 0 Å². The molecule has 1 amide bonds. The van der Waals surface area contributed by atoms with Crippen LogP contribution in [0, 0.1) is 0 Å². The number of thiazole rings is 1. The molecule has 0 aliphatic heterocycles. The van der Waals surface area contributed by atoms with E-state index in [9.17, 15) is 4.79 Å². The summed E-state index contributed by atoms with van der Waals surface area (Å²) in [6.45, 7) is 2.24. The Hall–Kier alpha value is -2.35. The van der Waals surface area contributed by atoms with Crippen LogP contribution in [0.25, 0.3) is 10.2 Å². The molecule has 2 aromatic carbocycles. The highest BCUT2D eigenvalue weighted by atomic mass is 35.5. The molecule has 0 aliphatic rings. The first-order valence-corrected chi connectivity index (χ1v) is 9.89. The number of carbonyl (C=O) groups is 1. The number of halogens is 1. The third kappa shape index (κ3) is 4.38. The van der Waals surface area contributed by atoms with Gasteiger partial charge in [-0.25, -0.2) is 4.98 Å². The average Bonchev–Trinajstić information content (AvgIpc) is 3.11. The Labute approximate surface area is 173 Å². The molecule has 8 heteroatoms. The lowest BCUT2D eigenvalue weighted by atomic mass is 10.2. The number of hydrogen-bond donors (Lipinski definition) is 1. The number of nitrogens with one attached hydrogen (secondary N) is 1. The number of rotatable bonds is 7. The molecule has 1 N–H and O–H groups in total. The summed E-state index contributed by atoms with van der Waals surface area (Å²) in [5.41, 5.74) is 1.48. The zero-order chi connectivity index (χ0) is 20.3. The van der Waals surface area contributed by atoms with E-state index in [2.05, 4.69) is 16.4 Å². The molecule has 1 heterocycles. The van der Waals surface area contributed by atoms with E-state index in [1.54, 1.807) is 23.5 Å². The molecule has 0 radical (unpaired) electrons. The number of ether oxygens (including phenoxy) is 2. The third-order valence-electron chi connectivity index (χ3n) is 4.47. The van der Waals surface area contributed by atoms with Crippen LogP contribution in [0.4, 0.5) is 5.69 Å². The monoisotopic (exact) mass is 419 g/mol. The lowest BCUT2D eigenvalue weighted by Crippen LogP contribution is -2.32. The summed E-state index contributed by atoms with van der Waals surface area (Å²) in [5, 5.41) is 4.23. The van der Waals surface area contributed by atoms with Crippen molar-refractivity contribution in [2.75, 3.05) is 33.1 Å². The third-order valence-corrected chi connectivity index (χ3v) is 5.97. The highest BCUT2D eigenvalue weighted by molar-refractivity contribution is 7.18. The van der Waals surface area contributed by atoms with Crippen molar-refractivity contribution in [2.24, 2.45) is 0 Å². The second kappa shape index (κ2) is 8.77. The molecule has 3 aromatic rings. The topological polar surface area (TPSA) is 63.7 Å². The van der Waals surface area contributed by atoms with E-state index in [-0.39, 0.29) is 18.5 Å². The van der Waals surface area contributed by atoms with Crippen LogP contribution in [0.5, 0.6) is 11.5 Å². The minimum absolute atomic E-state index is 0.00417. The summed E-state index contributed by atoms with van der Waals surface area (Å²) in [6, 6.07) is 11.3. The van der Waals surface area contributed by atoms with Crippen LogP contribution >= 0.6 is 22.9 Å². The largest absolute Gasteiger partial charge is 0.495 e. The zero-order valence-corrected chi connectivity index (χ0v) is 17.7. The van der Waals surface area contributed by atoms with Gasteiger partial charge in [-0.1, -0.05) is 23.7 Å². The van der Waals surface area contributed by atoms with Crippen LogP contribution in [0.2, 0.25) is 5.02 Å². The van der Waals surface area contributed by atoms with E-state index in [0.29, 0.717) is 22.2 Å². The summed E-state index contributed by atoms with van der Waals surface area (Å²) in [4.78, 5) is 19.2. The fourth-order valence-electron chi connectivity index (χ4n) is 2.77. The fourth-order valence-corrected chi connectivity index (χ4v) is 4.09. The number of amides is 1. The van der Waals surface area contributed by atoms with Gasteiger partial charge in [0, 0.05) is 6.07 Å². The minimum Gasteiger partial charge on any atom is -0.495 e. The van der Waals surface area contributed by atoms with Gasteiger partial charge in [-0.05, 0) is 32.2 Å². The summed E-state index contributed by atoms with van der Waals surface area (Å²) in [6.07, 6.45) is 0. The van der Waals surface area contributed by atoms with Crippen molar-refractivity contribution in [3.63, 3.8) is 0 Å². The number of para-hydroxylation sites is 1. The molecule has 0 fully saturated rings. The minimum atomic E-state index is -0.171. The van der Waals surface area contributed by atoms with Crippen LogP contribution in [-0.2, 0) is 4.79 Å². The molecule has 0 spiro atoms. The van der Waals surface area contributed by atoms with Crippen molar-refractivity contribution in [2.45, 2.75) is 13.0 Å². The van der Waals surface area contributed by atoms with Gasteiger partial charge in [-0.3, -0.25) is 9.69 Å². The van der Waals surface area contributed by atoms with Gasteiger partial charge >= 0.3 is 0 Å². The second-order valence-corrected chi connectivity index (χ2v) is 7.82. The molecular formula is C20H22ClN3O3S. The van der Waals surface area contributed by atoms with Gasteiger partial charge in [-0.15, -0.1) is 11.3 Å². The Morgan fingerprint density at radius 2 is 1.96 bits per heavy atom. The van der Waals surface area contributed by atoms with Crippen LogP contribution < -0.4 is 14.8 Å². The van der Waals surface area contributed by atoms with Crippen LogP contribution in [0.15, 0.2) is 36.4 Å². The van der Waals surface area contributed by atoms with Gasteiger partial charge in [0.05, 0.1) is 47.7 Å². The summed E-state index contributed by atoms with van der Waals surface area (Å²) < 4.78 is 11.6. The molecule has 3 rings (SSSR count). The molecule has 1 atom stereocenters. The maximum atomic E-state index is 12.6. The van der Waals surface area contributed by atoms with Crippen molar-refractivity contribution in [3.05, 3.63) is 46.4 Å². The summed E-state index contributed by atoms with van der Waals surface area (Å²) >= 11 is 7.81. The molecule has 0 saturated heterocycles. The molecular weight excluding hydrogens is 398 g/mol. The van der Waals surface area contributed by atoms with Crippen molar-refractivity contribution in [3.8, 4) is 11.5 Å². The van der Waals surface area contributed by atoms with Crippen LogP contribution in [0.1, 0.15) is 18.0 Å². The number of methoxy groups -OCH3 is 2. The molecule has 0 saturated carbocycles. The van der Waals surface area contributed by atoms with E-state index in [1.165, 1.54) is 14.2 Å². The Morgan fingerprint density at radius 3 is 2.64 bits per heavy atom. The predicted octanol–water partition coefficient (Wildman–Crippen LogP) is 4.60. The maximum absolute atomic E-state index is 12.6. The lowest BCUT2D eigenvalue weighted by molar-refractivity contribution is -0.117. The number of likely N-dealkylation sites (N-methyl/N-ethyl adjacent to an activating group) is 1. The van der Waals surface area contributed by atoms with Gasteiger partial charge < -0.3 is 14.8 Å². The molecule has 28 heavy (non-hydrogen) atoms. The standard InChI is InChI=1S/C20H22ClN3O3S/c1-12(20-23-14-7-5-6-8-18(14)28-20)24(2)11-19(25)22-15-9-13(21)16(26-3)10-17(15)27-4/h5-10,12H,11H2,1-4H3,(H,22,25). The maximum Gasteiger partial charge on any atom is 0.238 e.